The van der Waals surface area contributed by atoms with Crippen LogP contribution in [0.25, 0.3) is 0 Å². The average Bonchev–Trinajstić information content (AvgIpc) is 3.09. The van der Waals surface area contributed by atoms with Gasteiger partial charge in [-0.15, -0.1) is 0 Å². The molecular weight excluding hydrogens is 592 g/mol. The van der Waals surface area contributed by atoms with Crippen LogP contribution >= 0.6 is 0 Å². The van der Waals surface area contributed by atoms with Gasteiger partial charge in [0.15, 0.2) is 0 Å². The molecule has 0 rings (SSSR count). The Morgan fingerprint density at radius 3 is 0.979 bits per heavy atom. The van der Waals surface area contributed by atoms with Gasteiger partial charge >= 0.3 is 5.97 Å². The summed E-state index contributed by atoms with van der Waals surface area (Å²) in [5.41, 5.74) is 0. The van der Waals surface area contributed by atoms with Crippen molar-refractivity contribution in [1.29, 1.82) is 0 Å². The normalized spacial score (nSPS) is 12.1. The van der Waals surface area contributed by atoms with E-state index < -0.39 is 6.10 Å². The molecule has 0 radical (unpaired) electrons. The topological polar surface area (TPSA) is 55.8 Å². The lowest BCUT2D eigenvalue weighted by molar-refractivity contribution is -0.154. The Morgan fingerprint density at radius 1 is 0.417 bits per heavy atom. The number of ether oxygens (including phenoxy) is 2. The number of esters is 1. The number of carbonyl (C=O) groups is 1. The quantitative estimate of drug-likeness (QED) is 0.0515. The Kier molecular flexibility index (Phi) is 42.0. The second-order valence-corrected chi connectivity index (χ2v) is 15.1. The largest absolute Gasteiger partial charge is 0.457 e. The average molecular weight is 681 g/mol. The number of rotatable bonds is 42. The fourth-order valence-electron chi connectivity index (χ4n) is 6.86. The van der Waals surface area contributed by atoms with E-state index in [2.05, 4.69) is 13.8 Å². The lowest BCUT2D eigenvalue weighted by atomic mass is 10.0. The summed E-state index contributed by atoms with van der Waals surface area (Å²) in [6, 6.07) is 0. The van der Waals surface area contributed by atoms with E-state index in [1.54, 1.807) is 0 Å². The van der Waals surface area contributed by atoms with Gasteiger partial charge in [0.1, 0.15) is 6.10 Å². The summed E-state index contributed by atoms with van der Waals surface area (Å²) in [4.78, 5) is 12.1. The van der Waals surface area contributed by atoms with Crippen molar-refractivity contribution in [3.63, 3.8) is 0 Å². The first-order valence-corrected chi connectivity index (χ1v) is 22.1. The number of aliphatic hydroxyl groups excluding tert-OH is 1. The molecule has 0 amide bonds. The molecular formula is C44H88O4. The van der Waals surface area contributed by atoms with Crippen LogP contribution in [-0.4, -0.2) is 37.0 Å². The minimum Gasteiger partial charge on any atom is -0.457 e. The van der Waals surface area contributed by atoms with E-state index in [1.165, 1.54) is 212 Å². The molecule has 0 heterocycles. The molecule has 0 saturated heterocycles. The smallest absolute Gasteiger partial charge is 0.306 e. The predicted molar refractivity (Wildman–Crippen MR) is 210 cm³/mol. The van der Waals surface area contributed by atoms with Crippen LogP contribution in [0, 0.1) is 0 Å². The lowest BCUT2D eigenvalue weighted by Gasteiger charge is -2.16. The van der Waals surface area contributed by atoms with Crippen molar-refractivity contribution in [1.82, 2.24) is 0 Å². The van der Waals surface area contributed by atoms with E-state index in [9.17, 15) is 9.90 Å². The van der Waals surface area contributed by atoms with Crippen LogP contribution in [-0.2, 0) is 14.3 Å². The number of hydrogen-bond donors (Lipinski definition) is 1. The zero-order valence-corrected chi connectivity index (χ0v) is 33.0. The summed E-state index contributed by atoms with van der Waals surface area (Å²) in [6.45, 7) is 5.39. The minimum atomic E-state index is -0.524. The van der Waals surface area contributed by atoms with Crippen LogP contribution in [0.2, 0.25) is 0 Å². The summed E-state index contributed by atoms with van der Waals surface area (Å²) in [5.74, 6) is -0.196. The molecule has 0 aromatic rings. The summed E-state index contributed by atoms with van der Waals surface area (Å²) < 4.78 is 11.2. The summed E-state index contributed by atoms with van der Waals surface area (Å²) in [5, 5.41) is 9.57. The van der Waals surface area contributed by atoms with E-state index in [1.807, 2.05) is 0 Å². The van der Waals surface area contributed by atoms with Gasteiger partial charge in [-0.2, -0.15) is 0 Å². The van der Waals surface area contributed by atoms with Gasteiger partial charge in [0.2, 0.25) is 0 Å². The molecule has 0 aliphatic heterocycles. The Hall–Kier alpha value is -0.610. The third kappa shape index (κ3) is 39.8. The van der Waals surface area contributed by atoms with Gasteiger partial charge in [-0.05, 0) is 12.8 Å². The van der Waals surface area contributed by atoms with Crippen LogP contribution in [0.3, 0.4) is 0 Å². The molecule has 48 heavy (non-hydrogen) atoms. The number of carbonyl (C=O) groups excluding carboxylic acids is 1. The summed E-state index contributed by atoms with van der Waals surface area (Å²) >= 11 is 0. The maximum absolute atomic E-state index is 12.1. The fourth-order valence-corrected chi connectivity index (χ4v) is 6.86. The highest BCUT2D eigenvalue weighted by Gasteiger charge is 2.13. The second kappa shape index (κ2) is 42.6. The third-order valence-electron chi connectivity index (χ3n) is 10.2. The van der Waals surface area contributed by atoms with Gasteiger partial charge in [-0.1, -0.05) is 232 Å². The molecule has 4 nitrogen and oxygen atoms in total. The molecule has 288 valence electrons. The van der Waals surface area contributed by atoms with Crippen molar-refractivity contribution in [3.8, 4) is 0 Å². The fraction of sp³-hybridized carbons (Fsp3) is 0.977. The number of hydrogen-bond acceptors (Lipinski definition) is 4. The van der Waals surface area contributed by atoms with E-state index in [-0.39, 0.29) is 12.6 Å². The van der Waals surface area contributed by atoms with Crippen molar-refractivity contribution in [2.75, 3.05) is 19.8 Å². The molecule has 4 heteroatoms. The van der Waals surface area contributed by atoms with Gasteiger partial charge in [-0.25, -0.2) is 0 Å². The maximum atomic E-state index is 12.1. The van der Waals surface area contributed by atoms with Crippen LogP contribution in [0.5, 0.6) is 0 Å². The highest BCUT2D eigenvalue weighted by Crippen LogP contribution is 2.16. The van der Waals surface area contributed by atoms with Crippen molar-refractivity contribution in [3.05, 3.63) is 0 Å². The standard InChI is InChI=1S/C44H88O4/c1-3-5-7-9-11-13-15-16-17-18-19-20-21-22-23-24-25-26-27-28-30-32-34-36-38-40-47-42-43(41-45)48-44(46)39-37-35-33-31-29-14-12-10-8-6-4-2/h43,45H,3-42H2,1-2H3. The van der Waals surface area contributed by atoms with E-state index in [0.717, 1.165) is 19.3 Å². The molecule has 0 aromatic heterocycles. The molecule has 1 N–H and O–H groups in total. The van der Waals surface area contributed by atoms with E-state index in [4.69, 9.17) is 9.47 Å². The molecule has 0 aliphatic carbocycles. The number of aliphatic hydroxyl groups is 1. The first kappa shape index (κ1) is 47.4. The second-order valence-electron chi connectivity index (χ2n) is 15.1. The van der Waals surface area contributed by atoms with Crippen LogP contribution in [0.15, 0.2) is 0 Å². The van der Waals surface area contributed by atoms with Crippen molar-refractivity contribution < 1.29 is 19.4 Å². The first-order chi connectivity index (χ1) is 23.7. The SMILES string of the molecule is CCCCCCCCCCCCCCCCCCCCCCCCCCCOCC(CO)OC(=O)CCCCCCCCCCCCC. The highest BCUT2D eigenvalue weighted by atomic mass is 16.6. The zero-order chi connectivity index (χ0) is 34.9. The van der Waals surface area contributed by atoms with Gasteiger partial charge in [-0.3, -0.25) is 4.79 Å². The van der Waals surface area contributed by atoms with Crippen LogP contribution < -0.4 is 0 Å². The van der Waals surface area contributed by atoms with E-state index in [0.29, 0.717) is 19.6 Å². The molecule has 1 atom stereocenters. The van der Waals surface area contributed by atoms with Crippen molar-refractivity contribution in [2.45, 2.75) is 258 Å². The van der Waals surface area contributed by atoms with Gasteiger partial charge in [0, 0.05) is 13.0 Å². The molecule has 0 saturated carbocycles. The van der Waals surface area contributed by atoms with Gasteiger partial charge < -0.3 is 14.6 Å². The Bertz CT molecular complexity index is 594. The van der Waals surface area contributed by atoms with Crippen LogP contribution in [0.4, 0.5) is 0 Å². The van der Waals surface area contributed by atoms with Gasteiger partial charge in [0.05, 0.1) is 13.2 Å². The summed E-state index contributed by atoms with van der Waals surface area (Å²) in [6.07, 6.45) is 48.9. The molecule has 0 fully saturated rings. The summed E-state index contributed by atoms with van der Waals surface area (Å²) in [7, 11) is 0. The maximum Gasteiger partial charge on any atom is 0.306 e. The lowest BCUT2D eigenvalue weighted by Crippen LogP contribution is -2.27. The zero-order valence-electron chi connectivity index (χ0n) is 33.0. The van der Waals surface area contributed by atoms with Crippen LogP contribution in [0.1, 0.15) is 251 Å². The third-order valence-corrected chi connectivity index (χ3v) is 10.2. The first-order valence-electron chi connectivity index (χ1n) is 22.1. The minimum absolute atomic E-state index is 0.163. The Balaban J connectivity index is 3.29. The highest BCUT2D eigenvalue weighted by molar-refractivity contribution is 5.69. The molecule has 1 unspecified atom stereocenters. The monoisotopic (exact) mass is 681 g/mol. The molecule has 0 bridgehead atoms. The van der Waals surface area contributed by atoms with Crippen molar-refractivity contribution in [2.24, 2.45) is 0 Å². The molecule has 0 aliphatic rings. The molecule has 0 aromatic carbocycles. The number of unbranched alkanes of at least 4 members (excludes halogenated alkanes) is 34. The Morgan fingerprint density at radius 2 is 0.688 bits per heavy atom. The Labute approximate surface area is 302 Å². The van der Waals surface area contributed by atoms with E-state index >= 15 is 0 Å². The predicted octanol–water partition coefficient (Wildman–Crippen LogP) is 14.4. The van der Waals surface area contributed by atoms with Gasteiger partial charge in [0.25, 0.3) is 0 Å². The van der Waals surface area contributed by atoms with Crippen molar-refractivity contribution >= 4 is 5.97 Å². The molecule has 0 spiro atoms.